The summed E-state index contributed by atoms with van der Waals surface area (Å²) in [7, 11) is 0. The Balaban J connectivity index is 2.24. The van der Waals surface area contributed by atoms with E-state index in [1.54, 1.807) is 11.5 Å². The van der Waals surface area contributed by atoms with Crippen LogP contribution in [-0.2, 0) is 0 Å². The average Bonchev–Trinajstić information content (AvgIpc) is 2.85. The highest BCUT2D eigenvalue weighted by molar-refractivity contribution is 5.73. The summed E-state index contributed by atoms with van der Waals surface area (Å²) in [6.45, 7) is 1.78. The largest absolute Gasteiger partial charge is 0.398 e. The maximum Gasteiger partial charge on any atom is 0.170 e. The number of hydrogen-bond donors (Lipinski definition) is 1. The van der Waals surface area contributed by atoms with Crippen molar-refractivity contribution in [3.8, 4) is 17.1 Å². The van der Waals surface area contributed by atoms with Crippen LogP contribution in [-0.4, -0.2) is 14.8 Å². The first kappa shape index (κ1) is 13.2. The van der Waals surface area contributed by atoms with Crippen LogP contribution < -0.4 is 5.73 Å². The summed E-state index contributed by atoms with van der Waals surface area (Å²) < 4.78 is 28.4. The summed E-state index contributed by atoms with van der Waals surface area (Å²) >= 11 is 0. The van der Waals surface area contributed by atoms with Gasteiger partial charge in [0.2, 0.25) is 0 Å². The van der Waals surface area contributed by atoms with E-state index in [9.17, 15) is 8.78 Å². The molecule has 21 heavy (non-hydrogen) atoms. The SMILES string of the molecule is Cc1nnc(-c2cc(F)c(F)cc2N)n1-c1ccccc1. The normalized spacial score (nSPS) is 10.8. The van der Waals surface area contributed by atoms with Crippen molar-refractivity contribution in [3.63, 3.8) is 0 Å². The van der Waals surface area contributed by atoms with Gasteiger partial charge in [-0.2, -0.15) is 0 Å². The van der Waals surface area contributed by atoms with Crippen molar-refractivity contribution in [2.45, 2.75) is 6.92 Å². The Morgan fingerprint density at radius 2 is 1.67 bits per heavy atom. The van der Waals surface area contributed by atoms with Gasteiger partial charge in [-0.3, -0.25) is 4.57 Å². The number of aromatic nitrogens is 3. The summed E-state index contributed by atoms with van der Waals surface area (Å²) in [5.74, 6) is -0.964. The fraction of sp³-hybridized carbons (Fsp3) is 0.0667. The third kappa shape index (κ3) is 2.24. The maximum absolute atomic E-state index is 13.5. The molecule has 1 aromatic heterocycles. The molecule has 4 nitrogen and oxygen atoms in total. The van der Waals surface area contributed by atoms with Gasteiger partial charge in [0, 0.05) is 23.0 Å². The van der Waals surface area contributed by atoms with Crippen molar-refractivity contribution in [3.05, 3.63) is 59.9 Å². The maximum atomic E-state index is 13.5. The highest BCUT2D eigenvalue weighted by Crippen LogP contribution is 2.29. The smallest absolute Gasteiger partial charge is 0.170 e. The van der Waals surface area contributed by atoms with Gasteiger partial charge in [-0.15, -0.1) is 10.2 Å². The molecule has 0 bridgehead atoms. The van der Waals surface area contributed by atoms with Crippen molar-refractivity contribution in [1.29, 1.82) is 0 Å². The number of rotatable bonds is 2. The molecular weight excluding hydrogens is 274 g/mol. The number of nitrogen functional groups attached to an aromatic ring is 1. The van der Waals surface area contributed by atoms with E-state index in [-0.39, 0.29) is 5.69 Å². The first-order valence-corrected chi connectivity index (χ1v) is 6.30. The number of nitrogens with zero attached hydrogens (tertiary/aromatic N) is 3. The van der Waals surface area contributed by atoms with E-state index in [1.807, 2.05) is 30.3 Å². The van der Waals surface area contributed by atoms with Crippen molar-refractivity contribution in [2.24, 2.45) is 0 Å². The summed E-state index contributed by atoms with van der Waals surface area (Å²) in [4.78, 5) is 0. The highest BCUT2D eigenvalue weighted by atomic mass is 19.2. The van der Waals surface area contributed by atoms with Crippen LogP contribution in [0, 0.1) is 18.6 Å². The molecule has 0 unspecified atom stereocenters. The highest BCUT2D eigenvalue weighted by Gasteiger charge is 2.17. The lowest BCUT2D eigenvalue weighted by atomic mass is 10.1. The molecule has 106 valence electrons. The molecule has 0 aliphatic rings. The third-order valence-corrected chi connectivity index (χ3v) is 3.17. The summed E-state index contributed by atoms with van der Waals surface area (Å²) in [6.07, 6.45) is 0. The molecule has 0 radical (unpaired) electrons. The lowest BCUT2D eigenvalue weighted by molar-refractivity contribution is 0.509. The summed E-state index contributed by atoms with van der Waals surface area (Å²) in [5.41, 5.74) is 7.02. The molecule has 3 rings (SSSR count). The Labute approximate surface area is 119 Å². The lowest BCUT2D eigenvalue weighted by Crippen LogP contribution is -2.02. The van der Waals surface area contributed by atoms with E-state index in [2.05, 4.69) is 10.2 Å². The second kappa shape index (κ2) is 4.97. The van der Waals surface area contributed by atoms with Crippen molar-refractivity contribution in [2.75, 3.05) is 5.73 Å². The molecule has 0 aliphatic carbocycles. The van der Waals surface area contributed by atoms with Gasteiger partial charge in [0.05, 0.1) is 0 Å². The van der Waals surface area contributed by atoms with Gasteiger partial charge < -0.3 is 5.73 Å². The fourth-order valence-electron chi connectivity index (χ4n) is 2.18. The van der Waals surface area contributed by atoms with Gasteiger partial charge in [0.25, 0.3) is 0 Å². The lowest BCUT2D eigenvalue weighted by Gasteiger charge is -2.10. The van der Waals surface area contributed by atoms with Crippen LogP contribution in [0.1, 0.15) is 5.82 Å². The topological polar surface area (TPSA) is 56.7 Å². The van der Waals surface area contributed by atoms with Crippen LogP contribution in [0.15, 0.2) is 42.5 Å². The number of benzene rings is 2. The molecule has 3 aromatic rings. The number of para-hydroxylation sites is 1. The second-order valence-corrected chi connectivity index (χ2v) is 4.60. The molecule has 2 N–H and O–H groups in total. The molecule has 0 saturated heterocycles. The monoisotopic (exact) mass is 286 g/mol. The predicted octanol–water partition coefficient (Wildman–Crippen LogP) is 3.10. The van der Waals surface area contributed by atoms with Crippen molar-refractivity contribution < 1.29 is 8.78 Å². The summed E-state index contributed by atoms with van der Waals surface area (Å²) in [6, 6.07) is 11.3. The molecular formula is C15H12F2N4. The molecule has 0 aliphatic heterocycles. The molecule has 6 heteroatoms. The van der Waals surface area contributed by atoms with Crippen LogP contribution in [0.3, 0.4) is 0 Å². The number of anilines is 1. The molecule has 0 atom stereocenters. The van der Waals surface area contributed by atoms with E-state index >= 15 is 0 Å². The van der Waals surface area contributed by atoms with Gasteiger partial charge in [-0.05, 0) is 25.1 Å². The first-order chi connectivity index (χ1) is 10.1. The zero-order chi connectivity index (χ0) is 15.0. The molecule has 0 saturated carbocycles. The van der Waals surface area contributed by atoms with E-state index < -0.39 is 11.6 Å². The van der Waals surface area contributed by atoms with Gasteiger partial charge in [-0.25, -0.2) is 8.78 Å². The molecule has 1 heterocycles. The standard InChI is InChI=1S/C15H12F2N4/c1-9-19-20-15(21(9)10-5-3-2-4-6-10)11-7-12(16)13(17)8-14(11)18/h2-8H,18H2,1H3. The molecule has 0 fully saturated rings. The Kier molecular flexibility index (Phi) is 3.13. The van der Waals surface area contributed by atoms with Crippen LogP contribution in [0.5, 0.6) is 0 Å². The second-order valence-electron chi connectivity index (χ2n) is 4.60. The molecule has 2 aromatic carbocycles. The Morgan fingerprint density at radius 3 is 2.38 bits per heavy atom. The fourth-order valence-corrected chi connectivity index (χ4v) is 2.18. The van der Waals surface area contributed by atoms with Gasteiger partial charge in [0.1, 0.15) is 5.82 Å². The van der Waals surface area contributed by atoms with Crippen LogP contribution in [0.2, 0.25) is 0 Å². The van der Waals surface area contributed by atoms with Crippen molar-refractivity contribution >= 4 is 5.69 Å². The van der Waals surface area contributed by atoms with Gasteiger partial charge >= 0.3 is 0 Å². The number of aryl methyl sites for hydroxylation is 1. The van der Waals surface area contributed by atoms with Crippen LogP contribution >= 0.6 is 0 Å². The molecule has 0 spiro atoms. The van der Waals surface area contributed by atoms with Gasteiger partial charge in [0.15, 0.2) is 17.5 Å². The van der Waals surface area contributed by atoms with E-state index in [0.29, 0.717) is 17.2 Å². The van der Waals surface area contributed by atoms with Crippen molar-refractivity contribution in [1.82, 2.24) is 14.8 Å². The number of halogens is 2. The predicted molar refractivity (Wildman–Crippen MR) is 75.9 cm³/mol. The Morgan fingerprint density at radius 1 is 1.00 bits per heavy atom. The first-order valence-electron chi connectivity index (χ1n) is 6.30. The zero-order valence-electron chi connectivity index (χ0n) is 11.2. The molecule has 0 amide bonds. The third-order valence-electron chi connectivity index (χ3n) is 3.17. The van der Waals surface area contributed by atoms with Gasteiger partial charge in [-0.1, -0.05) is 18.2 Å². The Hall–Kier alpha value is -2.76. The van der Waals surface area contributed by atoms with E-state index in [0.717, 1.165) is 17.8 Å². The van der Waals surface area contributed by atoms with E-state index in [1.165, 1.54) is 0 Å². The summed E-state index contributed by atoms with van der Waals surface area (Å²) in [5, 5.41) is 8.04. The minimum Gasteiger partial charge on any atom is -0.398 e. The van der Waals surface area contributed by atoms with Crippen LogP contribution in [0.25, 0.3) is 17.1 Å². The minimum absolute atomic E-state index is 0.110. The minimum atomic E-state index is -0.987. The zero-order valence-corrected chi connectivity index (χ0v) is 11.2. The quantitative estimate of drug-likeness (QED) is 0.736. The Bertz CT molecular complexity index is 797. The number of nitrogens with two attached hydrogens (primary N) is 1. The average molecular weight is 286 g/mol. The number of hydrogen-bond acceptors (Lipinski definition) is 3. The van der Waals surface area contributed by atoms with Crippen LogP contribution in [0.4, 0.5) is 14.5 Å². The van der Waals surface area contributed by atoms with E-state index in [4.69, 9.17) is 5.73 Å².